The molecule has 1 aliphatic rings. The van der Waals surface area contributed by atoms with Crippen molar-refractivity contribution < 1.29 is 9.53 Å². The molecule has 0 aromatic carbocycles. The molecule has 0 unspecified atom stereocenters. The number of primary amides is 1. The largest absolute Gasteiger partial charge is 0.379 e. The lowest BCUT2D eigenvalue weighted by Crippen LogP contribution is -2.20. The summed E-state index contributed by atoms with van der Waals surface area (Å²) in [7, 11) is 1.80. The lowest BCUT2D eigenvalue weighted by molar-refractivity contribution is 0.0605. The molecule has 0 aliphatic carbocycles. The molecule has 1 aliphatic heterocycles. The van der Waals surface area contributed by atoms with Gasteiger partial charge < -0.3 is 20.4 Å². The number of pyridine rings is 1. The summed E-state index contributed by atoms with van der Waals surface area (Å²) in [6.45, 7) is 1.47. The summed E-state index contributed by atoms with van der Waals surface area (Å²) in [5.74, 6) is 0.151. The fourth-order valence-corrected chi connectivity index (χ4v) is 3.96. The number of nitrogens with two attached hydrogens (primary N) is 1. The van der Waals surface area contributed by atoms with Crippen molar-refractivity contribution in [2.24, 2.45) is 5.73 Å². The van der Waals surface area contributed by atoms with Crippen LogP contribution in [0.1, 0.15) is 29.2 Å². The van der Waals surface area contributed by atoms with Crippen LogP contribution in [-0.4, -0.2) is 50.3 Å². The minimum absolute atomic E-state index is 0.235. The van der Waals surface area contributed by atoms with Crippen LogP contribution in [0.15, 0.2) is 36.8 Å². The standard InChI is InChI=1S/C20H21N7O2/c1-22-17-8-16(25-20-14(18(21)28)9-24-27(17)20)15-10-26(12-4-3-7-29-11-12)19-13(15)5-2-6-23-19/h2,5-6,8-10,12,22H,3-4,7,11H2,1H3,(H2,21,28)/t12-/m1/s1. The zero-order chi connectivity index (χ0) is 20.0. The van der Waals surface area contributed by atoms with Crippen LogP contribution in [0.25, 0.3) is 27.9 Å². The van der Waals surface area contributed by atoms with Gasteiger partial charge in [0, 0.05) is 43.1 Å². The molecule has 9 nitrogen and oxygen atoms in total. The number of aromatic nitrogens is 5. The SMILES string of the molecule is CNc1cc(-c2cn([C@@H]3CCCOC3)c3ncccc23)nc2c(C(N)=O)cnn12. The van der Waals surface area contributed by atoms with E-state index in [0.717, 1.165) is 41.7 Å². The smallest absolute Gasteiger partial charge is 0.254 e. The molecule has 1 saturated heterocycles. The highest BCUT2D eigenvalue weighted by Crippen LogP contribution is 2.34. The first-order valence-electron chi connectivity index (χ1n) is 9.57. The molecule has 4 aromatic rings. The van der Waals surface area contributed by atoms with E-state index < -0.39 is 5.91 Å². The molecule has 0 saturated carbocycles. The van der Waals surface area contributed by atoms with Crippen LogP contribution in [0.2, 0.25) is 0 Å². The zero-order valence-corrected chi connectivity index (χ0v) is 16.0. The Morgan fingerprint density at radius 2 is 2.28 bits per heavy atom. The van der Waals surface area contributed by atoms with Gasteiger partial charge in [0.25, 0.3) is 5.91 Å². The number of fused-ring (bicyclic) bond motifs is 2. The lowest BCUT2D eigenvalue weighted by atomic mass is 10.1. The van der Waals surface area contributed by atoms with Crippen LogP contribution in [0.5, 0.6) is 0 Å². The average molecular weight is 391 g/mol. The van der Waals surface area contributed by atoms with Gasteiger partial charge in [0.15, 0.2) is 5.65 Å². The molecule has 0 radical (unpaired) electrons. The second-order valence-corrected chi connectivity index (χ2v) is 7.13. The van der Waals surface area contributed by atoms with Gasteiger partial charge in [0.05, 0.1) is 24.5 Å². The van der Waals surface area contributed by atoms with Crippen LogP contribution < -0.4 is 11.1 Å². The Labute approximate surface area is 166 Å². The van der Waals surface area contributed by atoms with Crippen LogP contribution >= 0.6 is 0 Å². The summed E-state index contributed by atoms with van der Waals surface area (Å²) in [6.07, 6.45) is 7.39. The summed E-state index contributed by atoms with van der Waals surface area (Å²) >= 11 is 0. The summed E-state index contributed by atoms with van der Waals surface area (Å²) in [5, 5.41) is 8.36. The van der Waals surface area contributed by atoms with Crippen LogP contribution in [0.3, 0.4) is 0 Å². The molecule has 3 N–H and O–H groups in total. The van der Waals surface area contributed by atoms with Crippen molar-refractivity contribution in [3.8, 4) is 11.3 Å². The van der Waals surface area contributed by atoms with Crippen molar-refractivity contribution in [1.29, 1.82) is 0 Å². The molecule has 1 fully saturated rings. The van der Waals surface area contributed by atoms with Gasteiger partial charge >= 0.3 is 0 Å². The number of hydrogen-bond donors (Lipinski definition) is 2. The lowest BCUT2D eigenvalue weighted by Gasteiger charge is -2.24. The first kappa shape index (κ1) is 17.6. The Balaban J connectivity index is 1.74. The Morgan fingerprint density at radius 3 is 3.03 bits per heavy atom. The molecule has 4 aromatic heterocycles. The summed E-state index contributed by atoms with van der Waals surface area (Å²) in [5.41, 5.74) is 8.78. The molecule has 0 spiro atoms. The highest BCUT2D eigenvalue weighted by Gasteiger charge is 2.22. The first-order chi connectivity index (χ1) is 14.2. The molecule has 148 valence electrons. The van der Waals surface area contributed by atoms with Gasteiger partial charge in [-0.1, -0.05) is 0 Å². The Morgan fingerprint density at radius 1 is 1.38 bits per heavy atom. The fourth-order valence-electron chi connectivity index (χ4n) is 3.96. The number of carbonyl (C=O) groups is 1. The Kier molecular flexibility index (Phi) is 4.17. The van der Waals surface area contributed by atoms with Crippen LogP contribution in [0.4, 0.5) is 5.82 Å². The molecule has 5 heterocycles. The topological polar surface area (TPSA) is 112 Å². The average Bonchev–Trinajstić information content (AvgIpc) is 3.35. The van der Waals surface area contributed by atoms with Crippen molar-refractivity contribution >= 4 is 28.4 Å². The van der Waals surface area contributed by atoms with Crippen molar-refractivity contribution in [2.75, 3.05) is 25.6 Å². The van der Waals surface area contributed by atoms with E-state index >= 15 is 0 Å². The summed E-state index contributed by atoms with van der Waals surface area (Å²) < 4.78 is 9.45. The predicted molar refractivity (Wildman–Crippen MR) is 109 cm³/mol. The minimum Gasteiger partial charge on any atom is -0.379 e. The molecule has 29 heavy (non-hydrogen) atoms. The van der Waals surface area contributed by atoms with E-state index in [9.17, 15) is 4.79 Å². The quantitative estimate of drug-likeness (QED) is 0.552. The third kappa shape index (κ3) is 2.82. The maximum absolute atomic E-state index is 11.8. The normalized spacial score (nSPS) is 17.1. The number of nitrogens with one attached hydrogen (secondary N) is 1. The Hall–Kier alpha value is -3.46. The molecule has 0 bridgehead atoms. The highest BCUT2D eigenvalue weighted by molar-refractivity contribution is 6.00. The first-order valence-corrected chi connectivity index (χ1v) is 9.57. The Bertz CT molecular complexity index is 1220. The maximum Gasteiger partial charge on any atom is 0.254 e. The number of anilines is 1. The molecule has 5 rings (SSSR count). The van der Waals surface area contributed by atoms with E-state index in [0.29, 0.717) is 18.1 Å². The molecule has 9 heteroatoms. The van der Waals surface area contributed by atoms with Gasteiger partial charge in [-0.05, 0) is 25.0 Å². The highest BCUT2D eigenvalue weighted by atomic mass is 16.5. The molecule has 1 amide bonds. The number of hydrogen-bond acceptors (Lipinski definition) is 6. The minimum atomic E-state index is -0.560. The molecular formula is C20H21N7O2. The number of carbonyl (C=O) groups excluding carboxylic acids is 1. The zero-order valence-electron chi connectivity index (χ0n) is 16.0. The summed E-state index contributed by atoms with van der Waals surface area (Å²) in [6, 6.07) is 6.10. The van der Waals surface area contributed by atoms with Crippen molar-refractivity contribution in [3.63, 3.8) is 0 Å². The van der Waals surface area contributed by atoms with E-state index in [1.54, 1.807) is 17.8 Å². The second-order valence-electron chi connectivity index (χ2n) is 7.13. The van der Waals surface area contributed by atoms with Crippen molar-refractivity contribution in [1.82, 2.24) is 24.1 Å². The predicted octanol–water partition coefficient (Wildman–Crippen LogP) is 2.24. The van der Waals surface area contributed by atoms with Crippen molar-refractivity contribution in [2.45, 2.75) is 18.9 Å². The van der Waals surface area contributed by atoms with E-state index in [4.69, 9.17) is 15.5 Å². The maximum atomic E-state index is 11.8. The monoisotopic (exact) mass is 391 g/mol. The fraction of sp³-hybridized carbons (Fsp3) is 0.300. The van der Waals surface area contributed by atoms with E-state index in [-0.39, 0.29) is 11.6 Å². The van der Waals surface area contributed by atoms with Crippen LogP contribution in [-0.2, 0) is 4.74 Å². The number of amides is 1. The van der Waals surface area contributed by atoms with E-state index in [1.165, 1.54) is 6.20 Å². The van der Waals surface area contributed by atoms with E-state index in [2.05, 4.69) is 26.2 Å². The van der Waals surface area contributed by atoms with E-state index in [1.807, 2.05) is 18.2 Å². The number of ether oxygens (including phenoxy) is 1. The van der Waals surface area contributed by atoms with Gasteiger partial charge in [-0.25, -0.2) is 9.97 Å². The number of rotatable bonds is 4. The third-order valence-electron chi connectivity index (χ3n) is 5.39. The molecule has 1 atom stereocenters. The van der Waals surface area contributed by atoms with Crippen LogP contribution in [0, 0.1) is 0 Å². The van der Waals surface area contributed by atoms with Gasteiger partial charge in [0.1, 0.15) is 17.0 Å². The summed E-state index contributed by atoms with van der Waals surface area (Å²) in [4.78, 5) is 21.2. The van der Waals surface area contributed by atoms with Gasteiger partial charge in [-0.2, -0.15) is 9.61 Å². The van der Waals surface area contributed by atoms with Gasteiger partial charge in [0.2, 0.25) is 0 Å². The van der Waals surface area contributed by atoms with Crippen molar-refractivity contribution in [3.05, 3.63) is 42.4 Å². The van der Waals surface area contributed by atoms with Gasteiger partial charge in [-0.15, -0.1) is 0 Å². The second kappa shape index (κ2) is 6.85. The van der Waals surface area contributed by atoms with Gasteiger partial charge in [-0.3, -0.25) is 4.79 Å². The number of nitrogens with zero attached hydrogens (tertiary/aromatic N) is 5. The molecular weight excluding hydrogens is 370 g/mol. The third-order valence-corrected chi connectivity index (χ3v) is 5.39.